The van der Waals surface area contributed by atoms with Gasteiger partial charge in [0, 0.05) is 4.47 Å². The normalized spacial score (nSPS) is 12.7. The van der Waals surface area contributed by atoms with E-state index in [0.29, 0.717) is 21.0 Å². The number of benzene rings is 1. The third kappa shape index (κ3) is 5.25. The molecule has 1 unspecified atom stereocenters. The lowest BCUT2D eigenvalue weighted by Crippen LogP contribution is -2.16. The quantitative estimate of drug-likeness (QED) is 0.556. The summed E-state index contributed by atoms with van der Waals surface area (Å²) in [5, 5.41) is 3.88. The van der Waals surface area contributed by atoms with E-state index in [1.807, 2.05) is 0 Å². The zero-order valence-corrected chi connectivity index (χ0v) is 13.2. The second-order valence-corrected chi connectivity index (χ2v) is 5.91. The van der Waals surface area contributed by atoms with Gasteiger partial charge in [0.25, 0.3) is 0 Å². The molecule has 1 rings (SSSR count). The van der Waals surface area contributed by atoms with Crippen LogP contribution in [0.5, 0.6) is 0 Å². The van der Waals surface area contributed by atoms with E-state index in [-0.39, 0.29) is 5.82 Å². The highest BCUT2D eigenvalue weighted by molar-refractivity contribution is 9.10. The molecule has 0 bridgehead atoms. The van der Waals surface area contributed by atoms with Crippen molar-refractivity contribution < 1.29 is 4.39 Å². The number of aryl methyl sites for hydroxylation is 1. The van der Waals surface area contributed by atoms with Gasteiger partial charge in [-0.15, -0.1) is 0 Å². The monoisotopic (exact) mass is 335 g/mol. The Bertz CT molecular complexity index is 384. The maximum atomic E-state index is 13.7. The molecule has 1 atom stereocenters. The van der Waals surface area contributed by atoms with Crippen molar-refractivity contribution in [2.45, 2.75) is 33.1 Å². The first-order chi connectivity index (χ1) is 8.54. The van der Waals surface area contributed by atoms with Gasteiger partial charge in [-0.2, -0.15) is 0 Å². The van der Waals surface area contributed by atoms with E-state index in [0.717, 1.165) is 32.4 Å². The molecule has 0 spiro atoms. The van der Waals surface area contributed by atoms with Crippen molar-refractivity contribution in [3.8, 4) is 0 Å². The molecular formula is C14H20BrClFN. The summed E-state index contributed by atoms with van der Waals surface area (Å²) in [5.74, 6) is 0.413. The van der Waals surface area contributed by atoms with E-state index in [1.165, 1.54) is 6.07 Å². The lowest BCUT2D eigenvalue weighted by atomic mass is 9.98. The van der Waals surface area contributed by atoms with Crippen molar-refractivity contribution in [1.82, 2.24) is 5.32 Å². The van der Waals surface area contributed by atoms with Crippen molar-refractivity contribution in [3.05, 3.63) is 33.0 Å². The van der Waals surface area contributed by atoms with Crippen molar-refractivity contribution in [2.24, 2.45) is 5.92 Å². The highest BCUT2D eigenvalue weighted by Gasteiger charge is 2.09. The van der Waals surface area contributed by atoms with E-state index in [1.54, 1.807) is 6.07 Å². The zero-order valence-electron chi connectivity index (χ0n) is 10.9. The van der Waals surface area contributed by atoms with Gasteiger partial charge in [0.1, 0.15) is 5.82 Å². The predicted molar refractivity (Wildman–Crippen MR) is 79.8 cm³/mol. The third-order valence-electron chi connectivity index (χ3n) is 3.06. The Morgan fingerprint density at radius 1 is 1.39 bits per heavy atom. The lowest BCUT2D eigenvalue weighted by molar-refractivity contribution is 0.469. The summed E-state index contributed by atoms with van der Waals surface area (Å²) in [5.41, 5.74) is 0.707. The predicted octanol–water partition coefficient (Wildman–Crippen LogP) is 4.81. The molecule has 1 nitrogen and oxygen atoms in total. The first kappa shape index (κ1) is 15.9. The highest BCUT2D eigenvalue weighted by atomic mass is 79.9. The maximum Gasteiger partial charge on any atom is 0.127 e. The molecule has 0 aliphatic rings. The van der Waals surface area contributed by atoms with E-state index < -0.39 is 0 Å². The molecule has 4 heteroatoms. The molecule has 0 saturated carbocycles. The van der Waals surface area contributed by atoms with Crippen LogP contribution in [0.3, 0.4) is 0 Å². The van der Waals surface area contributed by atoms with E-state index >= 15 is 0 Å². The number of halogens is 3. The molecule has 0 aliphatic heterocycles. The van der Waals surface area contributed by atoms with Gasteiger partial charge in [0.05, 0.1) is 5.02 Å². The van der Waals surface area contributed by atoms with Gasteiger partial charge in [0.15, 0.2) is 0 Å². The molecule has 0 saturated heterocycles. The first-order valence-corrected chi connectivity index (χ1v) is 7.55. The minimum absolute atomic E-state index is 0.176. The van der Waals surface area contributed by atoms with Gasteiger partial charge in [0.2, 0.25) is 0 Å². The Hall–Kier alpha value is -0.120. The van der Waals surface area contributed by atoms with Crippen molar-refractivity contribution in [1.29, 1.82) is 0 Å². The van der Waals surface area contributed by atoms with Crippen molar-refractivity contribution in [3.63, 3.8) is 0 Å². The molecule has 1 N–H and O–H groups in total. The van der Waals surface area contributed by atoms with Crippen LogP contribution in [-0.2, 0) is 6.42 Å². The van der Waals surface area contributed by atoms with Gasteiger partial charge in [-0.3, -0.25) is 0 Å². The molecule has 1 aromatic carbocycles. The number of nitrogens with one attached hydrogen (secondary N) is 1. The van der Waals surface area contributed by atoms with Gasteiger partial charge in [-0.25, -0.2) is 4.39 Å². The number of rotatable bonds is 7. The summed E-state index contributed by atoms with van der Waals surface area (Å²) in [6, 6.07) is 3.17. The Morgan fingerprint density at radius 3 is 2.78 bits per heavy atom. The van der Waals surface area contributed by atoms with Crippen LogP contribution in [0, 0.1) is 11.7 Å². The fourth-order valence-electron chi connectivity index (χ4n) is 1.83. The maximum absolute atomic E-state index is 13.7. The van der Waals surface area contributed by atoms with E-state index in [4.69, 9.17) is 11.6 Å². The minimum atomic E-state index is -0.176. The summed E-state index contributed by atoms with van der Waals surface area (Å²) in [4.78, 5) is 0. The lowest BCUT2D eigenvalue weighted by Gasteiger charge is -2.12. The summed E-state index contributed by atoms with van der Waals surface area (Å²) in [6.07, 6.45) is 2.85. The molecule has 0 aromatic heterocycles. The molecule has 1 aromatic rings. The van der Waals surface area contributed by atoms with Crippen LogP contribution in [0.2, 0.25) is 5.02 Å². The second-order valence-electron chi connectivity index (χ2n) is 4.64. The Kier molecular flexibility index (Phi) is 7.20. The average Bonchev–Trinajstić information content (AvgIpc) is 2.32. The summed E-state index contributed by atoms with van der Waals surface area (Å²) in [7, 11) is 0. The van der Waals surface area contributed by atoms with Crippen LogP contribution in [0.1, 0.15) is 32.3 Å². The fourth-order valence-corrected chi connectivity index (χ4v) is 2.33. The Labute approximate surface area is 122 Å². The van der Waals surface area contributed by atoms with Crippen LogP contribution in [0.25, 0.3) is 0 Å². The van der Waals surface area contributed by atoms with E-state index in [9.17, 15) is 4.39 Å². The second kappa shape index (κ2) is 8.13. The first-order valence-electron chi connectivity index (χ1n) is 6.38. The molecule has 0 aliphatic carbocycles. The van der Waals surface area contributed by atoms with Crippen LogP contribution < -0.4 is 5.32 Å². The van der Waals surface area contributed by atoms with Crippen LogP contribution in [0.15, 0.2) is 16.6 Å². The van der Waals surface area contributed by atoms with Gasteiger partial charge >= 0.3 is 0 Å². The van der Waals surface area contributed by atoms with E-state index in [2.05, 4.69) is 35.1 Å². The standard InChI is InChI=1S/C14H20BrClFN/c1-3-18-7-6-10(2)4-5-11-8-13(16)12(15)9-14(11)17/h8-10,18H,3-7H2,1-2H3. The molecular weight excluding hydrogens is 317 g/mol. The van der Waals surface area contributed by atoms with Crippen LogP contribution in [-0.4, -0.2) is 13.1 Å². The summed E-state index contributed by atoms with van der Waals surface area (Å²) in [6.45, 7) is 6.34. The zero-order chi connectivity index (χ0) is 13.5. The largest absolute Gasteiger partial charge is 0.317 e. The Balaban J connectivity index is 2.45. The average molecular weight is 337 g/mol. The molecule has 0 fully saturated rings. The third-order valence-corrected chi connectivity index (χ3v) is 4.26. The number of hydrogen-bond acceptors (Lipinski definition) is 1. The topological polar surface area (TPSA) is 12.0 Å². The summed E-state index contributed by atoms with van der Waals surface area (Å²) < 4.78 is 14.3. The van der Waals surface area contributed by atoms with Gasteiger partial charge < -0.3 is 5.32 Å². The van der Waals surface area contributed by atoms with Gasteiger partial charge in [-0.05, 0) is 71.9 Å². The molecule has 0 radical (unpaired) electrons. The number of hydrogen-bond donors (Lipinski definition) is 1. The molecule has 0 heterocycles. The highest BCUT2D eigenvalue weighted by Crippen LogP contribution is 2.27. The molecule has 0 amide bonds. The fraction of sp³-hybridized carbons (Fsp3) is 0.571. The molecule has 102 valence electrons. The SMILES string of the molecule is CCNCCC(C)CCc1cc(Cl)c(Br)cc1F. The Morgan fingerprint density at radius 2 is 2.11 bits per heavy atom. The smallest absolute Gasteiger partial charge is 0.127 e. The van der Waals surface area contributed by atoms with Gasteiger partial charge in [-0.1, -0.05) is 25.4 Å². The van der Waals surface area contributed by atoms with Crippen LogP contribution in [0.4, 0.5) is 4.39 Å². The minimum Gasteiger partial charge on any atom is -0.317 e. The van der Waals surface area contributed by atoms with Crippen molar-refractivity contribution in [2.75, 3.05) is 13.1 Å². The van der Waals surface area contributed by atoms with Crippen molar-refractivity contribution >= 4 is 27.5 Å². The summed E-state index contributed by atoms with van der Waals surface area (Å²) >= 11 is 9.20. The molecule has 18 heavy (non-hydrogen) atoms. The van der Waals surface area contributed by atoms with Crippen LogP contribution >= 0.6 is 27.5 Å².